The van der Waals surface area contributed by atoms with Crippen LogP contribution in [-0.2, 0) is 6.42 Å². The van der Waals surface area contributed by atoms with Crippen LogP contribution in [0, 0.1) is 5.82 Å². The molecule has 0 heterocycles. The molecule has 0 spiro atoms. The number of hydrogen-bond acceptors (Lipinski definition) is 1. The first-order valence-electron chi connectivity index (χ1n) is 5.63. The lowest BCUT2D eigenvalue weighted by molar-refractivity contribution is 0.627. The van der Waals surface area contributed by atoms with Gasteiger partial charge in [0.25, 0.3) is 0 Å². The Balaban J connectivity index is 2.99. The van der Waals surface area contributed by atoms with Crippen LogP contribution >= 0.6 is 0 Å². The molecule has 1 aromatic carbocycles. The Kier molecular flexibility index (Phi) is 4.83. The standard InChI is InChI=1S/C15H18FN/c1-5-17-12(4)15(11(2)3)10-13-6-8-14(16)9-7-13/h5-9H,2,10H2,1,3-4H3/b15-12-,17-5?. The molecule has 0 atom stereocenters. The number of nitrogens with zero attached hydrogens (tertiary/aromatic N) is 1. The maximum atomic E-state index is 12.8. The third kappa shape index (κ3) is 3.99. The molecule has 2 heteroatoms. The van der Waals surface area contributed by atoms with Gasteiger partial charge < -0.3 is 0 Å². The lowest BCUT2D eigenvalue weighted by atomic mass is 9.98. The predicted octanol–water partition coefficient (Wildman–Crippen LogP) is 4.31. The van der Waals surface area contributed by atoms with Crippen molar-refractivity contribution >= 4 is 6.21 Å². The van der Waals surface area contributed by atoms with Gasteiger partial charge in [-0.2, -0.15) is 0 Å². The summed E-state index contributed by atoms with van der Waals surface area (Å²) < 4.78 is 12.8. The van der Waals surface area contributed by atoms with Crippen LogP contribution in [0.3, 0.4) is 0 Å². The molecule has 0 bridgehead atoms. The predicted molar refractivity (Wildman–Crippen MR) is 71.8 cm³/mol. The molecule has 0 N–H and O–H groups in total. The topological polar surface area (TPSA) is 12.4 Å². The molecule has 0 aromatic heterocycles. The van der Waals surface area contributed by atoms with E-state index in [2.05, 4.69) is 11.6 Å². The van der Waals surface area contributed by atoms with Gasteiger partial charge in [0.1, 0.15) is 5.82 Å². The molecular weight excluding hydrogens is 213 g/mol. The van der Waals surface area contributed by atoms with Gasteiger partial charge in [-0.1, -0.05) is 24.3 Å². The molecule has 0 radical (unpaired) electrons. The van der Waals surface area contributed by atoms with Gasteiger partial charge in [-0.3, -0.25) is 4.99 Å². The maximum absolute atomic E-state index is 12.8. The lowest BCUT2D eigenvalue weighted by Gasteiger charge is -2.09. The van der Waals surface area contributed by atoms with Gasteiger partial charge in [-0.25, -0.2) is 4.39 Å². The second-order valence-corrected chi connectivity index (χ2v) is 4.03. The Morgan fingerprint density at radius 2 is 1.88 bits per heavy atom. The molecule has 0 amide bonds. The van der Waals surface area contributed by atoms with E-state index in [9.17, 15) is 4.39 Å². The largest absolute Gasteiger partial charge is 0.266 e. The van der Waals surface area contributed by atoms with E-state index in [0.717, 1.165) is 28.8 Å². The fourth-order valence-corrected chi connectivity index (χ4v) is 1.67. The van der Waals surface area contributed by atoms with Crippen LogP contribution in [0.4, 0.5) is 4.39 Å². The Morgan fingerprint density at radius 1 is 1.29 bits per heavy atom. The normalized spacial score (nSPS) is 12.7. The zero-order valence-electron chi connectivity index (χ0n) is 10.6. The summed E-state index contributed by atoms with van der Waals surface area (Å²) in [6.07, 6.45) is 2.50. The summed E-state index contributed by atoms with van der Waals surface area (Å²) in [6, 6.07) is 6.54. The minimum absolute atomic E-state index is 0.210. The van der Waals surface area contributed by atoms with Crippen molar-refractivity contribution in [3.8, 4) is 0 Å². The highest BCUT2D eigenvalue weighted by Crippen LogP contribution is 2.19. The Hall–Kier alpha value is -1.70. The van der Waals surface area contributed by atoms with E-state index in [1.54, 1.807) is 18.3 Å². The number of aliphatic imine (C=N–C) groups is 1. The quantitative estimate of drug-likeness (QED) is 0.541. The average molecular weight is 231 g/mol. The second kappa shape index (κ2) is 6.14. The second-order valence-electron chi connectivity index (χ2n) is 4.03. The highest BCUT2D eigenvalue weighted by molar-refractivity contribution is 5.56. The van der Waals surface area contributed by atoms with Crippen molar-refractivity contribution in [3.63, 3.8) is 0 Å². The summed E-state index contributed by atoms with van der Waals surface area (Å²) in [5.41, 5.74) is 4.13. The lowest BCUT2D eigenvalue weighted by Crippen LogP contribution is -1.95. The zero-order chi connectivity index (χ0) is 12.8. The molecule has 1 nitrogen and oxygen atoms in total. The molecule has 90 valence electrons. The van der Waals surface area contributed by atoms with Crippen LogP contribution in [0.25, 0.3) is 0 Å². The number of rotatable bonds is 4. The molecule has 0 unspecified atom stereocenters. The molecule has 0 aliphatic rings. The SMILES string of the molecule is C=C(C)/C(Cc1ccc(F)cc1)=C(/C)N=CC. The number of halogens is 1. The van der Waals surface area contributed by atoms with Crippen molar-refractivity contribution in [3.05, 3.63) is 59.1 Å². The van der Waals surface area contributed by atoms with Gasteiger partial charge in [0, 0.05) is 11.9 Å². The summed E-state index contributed by atoms with van der Waals surface area (Å²) in [5.74, 6) is -0.210. The highest BCUT2D eigenvalue weighted by atomic mass is 19.1. The van der Waals surface area contributed by atoms with Crippen LogP contribution in [-0.4, -0.2) is 6.21 Å². The first-order chi connectivity index (χ1) is 8.04. The minimum atomic E-state index is -0.210. The van der Waals surface area contributed by atoms with E-state index >= 15 is 0 Å². The van der Waals surface area contributed by atoms with Crippen molar-refractivity contribution in [1.29, 1.82) is 0 Å². The van der Waals surface area contributed by atoms with Gasteiger partial charge in [-0.15, -0.1) is 0 Å². The summed E-state index contributed by atoms with van der Waals surface area (Å²) >= 11 is 0. The van der Waals surface area contributed by atoms with E-state index in [1.165, 1.54) is 12.1 Å². The van der Waals surface area contributed by atoms with Crippen molar-refractivity contribution in [2.24, 2.45) is 4.99 Å². The first-order valence-corrected chi connectivity index (χ1v) is 5.63. The van der Waals surface area contributed by atoms with Gasteiger partial charge in [-0.05, 0) is 50.5 Å². The van der Waals surface area contributed by atoms with E-state index in [0.29, 0.717) is 0 Å². The zero-order valence-corrected chi connectivity index (χ0v) is 10.6. The van der Waals surface area contributed by atoms with E-state index in [1.807, 2.05) is 20.8 Å². The Morgan fingerprint density at radius 3 is 2.35 bits per heavy atom. The number of allylic oxidation sites excluding steroid dienone is 3. The number of benzene rings is 1. The van der Waals surface area contributed by atoms with Crippen LogP contribution in [0.5, 0.6) is 0 Å². The fraction of sp³-hybridized carbons (Fsp3) is 0.267. The summed E-state index contributed by atoms with van der Waals surface area (Å²) in [7, 11) is 0. The molecule has 0 aliphatic heterocycles. The third-order valence-corrected chi connectivity index (χ3v) is 2.57. The molecule has 17 heavy (non-hydrogen) atoms. The smallest absolute Gasteiger partial charge is 0.123 e. The fourth-order valence-electron chi connectivity index (χ4n) is 1.67. The average Bonchev–Trinajstić information content (AvgIpc) is 2.28. The van der Waals surface area contributed by atoms with Crippen molar-refractivity contribution in [2.75, 3.05) is 0 Å². The monoisotopic (exact) mass is 231 g/mol. The van der Waals surface area contributed by atoms with Gasteiger partial charge >= 0.3 is 0 Å². The summed E-state index contributed by atoms with van der Waals surface area (Å²) in [4.78, 5) is 4.28. The van der Waals surface area contributed by atoms with Crippen LogP contribution in [0.15, 0.2) is 52.7 Å². The highest BCUT2D eigenvalue weighted by Gasteiger charge is 2.05. The molecule has 0 saturated carbocycles. The van der Waals surface area contributed by atoms with Crippen molar-refractivity contribution in [2.45, 2.75) is 27.2 Å². The summed E-state index contributed by atoms with van der Waals surface area (Å²) in [5, 5.41) is 0. The Bertz CT molecular complexity index is 452. The minimum Gasteiger partial charge on any atom is -0.266 e. The molecule has 0 fully saturated rings. The van der Waals surface area contributed by atoms with E-state index in [-0.39, 0.29) is 5.82 Å². The van der Waals surface area contributed by atoms with Crippen LogP contribution in [0.1, 0.15) is 26.3 Å². The summed E-state index contributed by atoms with van der Waals surface area (Å²) in [6.45, 7) is 9.78. The van der Waals surface area contributed by atoms with E-state index < -0.39 is 0 Å². The molecule has 0 saturated heterocycles. The molecule has 0 aliphatic carbocycles. The van der Waals surface area contributed by atoms with Crippen LogP contribution < -0.4 is 0 Å². The van der Waals surface area contributed by atoms with Crippen molar-refractivity contribution < 1.29 is 4.39 Å². The maximum Gasteiger partial charge on any atom is 0.123 e. The van der Waals surface area contributed by atoms with Gasteiger partial charge in [0.2, 0.25) is 0 Å². The molecular formula is C15H18FN. The Labute approximate surface area is 102 Å². The number of hydrogen-bond donors (Lipinski definition) is 0. The van der Waals surface area contributed by atoms with E-state index in [4.69, 9.17) is 0 Å². The molecule has 1 rings (SSSR count). The van der Waals surface area contributed by atoms with Gasteiger partial charge in [0.15, 0.2) is 0 Å². The van der Waals surface area contributed by atoms with Gasteiger partial charge in [0.05, 0.1) is 0 Å². The van der Waals surface area contributed by atoms with Crippen LogP contribution in [0.2, 0.25) is 0 Å². The van der Waals surface area contributed by atoms with Crippen molar-refractivity contribution in [1.82, 2.24) is 0 Å². The first kappa shape index (κ1) is 13.4. The third-order valence-electron chi connectivity index (χ3n) is 2.57. The molecule has 1 aromatic rings.